The van der Waals surface area contributed by atoms with E-state index in [0.29, 0.717) is 26.2 Å². The largest absolute Gasteiger partial charge is 0.435 e. The van der Waals surface area contributed by atoms with Gasteiger partial charge in [-0.2, -0.15) is 8.78 Å². The van der Waals surface area contributed by atoms with Crippen molar-refractivity contribution in [3.8, 4) is 5.75 Å². The van der Waals surface area contributed by atoms with Crippen LogP contribution in [0.1, 0.15) is 5.56 Å². The number of imide groups is 1. The van der Waals surface area contributed by atoms with E-state index in [4.69, 9.17) is 0 Å². The van der Waals surface area contributed by atoms with Crippen molar-refractivity contribution in [1.82, 2.24) is 20.0 Å². The number of piperazine rings is 1. The second kappa shape index (κ2) is 7.87. The molecule has 2 fully saturated rings. The molecule has 1 atom stereocenters. The van der Waals surface area contributed by atoms with Crippen LogP contribution in [0.15, 0.2) is 24.3 Å². The number of ether oxygens (including phenoxy) is 1. The molecule has 27 heavy (non-hydrogen) atoms. The highest BCUT2D eigenvalue weighted by molar-refractivity contribution is 6.04. The fraction of sp³-hybridized carbons (Fsp3) is 0.471. The number of nitrogens with one attached hydrogen (secondary N) is 1. The van der Waals surface area contributed by atoms with Gasteiger partial charge in [-0.25, -0.2) is 4.79 Å². The van der Waals surface area contributed by atoms with Gasteiger partial charge in [0, 0.05) is 33.2 Å². The fourth-order valence-electron chi connectivity index (χ4n) is 3.16. The van der Waals surface area contributed by atoms with Crippen LogP contribution in [0.2, 0.25) is 0 Å². The number of carbonyl (C=O) groups is 3. The number of alkyl halides is 2. The maximum Gasteiger partial charge on any atom is 0.387 e. The Morgan fingerprint density at radius 3 is 2.67 bits per heavy atom. The first-order valence-electron chi connectivity index (χ1n) is 8.45. The topological polar surface area (TPSA) is 82.2 Å². The number of urea groups is 1. The molecule has 0 aliphatic carbocycles. The van der Waals surface area contributed by atoms with Crippen molar-refractivity contribution in [3.05, 3.63) is 29.8 Å². The predicted octanol–water partition coefficient (Wildman–Crippen LogP) is 0.482. The molecule has 1 aromatic rings. The zero-order valence-corrected chi connectivity index (χ0v) is 14.7. The van der Waals surface area contributed by atoms with Gasteiger partial charge < -0.3 is 14.5 Å². The van der Waals surface area contributed by atoms with Crippen molar-refractivity contribution in [2.75, 3.05) is 33.2 Å². The standard InChI is InChI=1S/C17H20F2N4O4/c1-21(8-11-2-4-12(5-3-11)27-16(18)19)14(24)10-22-6-7-23-13(9-22)15(25)20-17(23)26/h2-5,13,16H,6-10H2,1H3,(H,20,25,26). The van der Waals surface area contributed by atoms with Gasteiger partial charge in [0.25, 0.3) is 5.91 Å². The van der Waals surface area contributed by atoms with Crippen molar-refractivity contribution < 1.29 is 27.9 Å². The number of amides is 4. The van der Waals surface area contributed by atoms with E-state index in [-0.39, 0.29) is 30.1 Å². The fourth-order valence-corrected chi connectivity index (χ4v) is 3.16. The molecule has 4 amide bonds. The number of rotatable bonds is 6. The van der Waals surface area contributed by atoms with Gasteiger partial charge in [-0.05, 0) is 17.7 Å². The summed E-state index contributed by atoms with van der Waals surface area (Å²) in [4.78, 5) is 40.7. The molecule has 1 unspecified atom stereocenters. The molecule has 0 bridgehead atoms. The minimum atomic E-state index is -2.88. The Hall–Kier alpha value is -2.75. The number of nitrogens with zero attached hydrogens (tertiary/aromatic N) is 3. The quantitative estimate of drug-likeness (QED) is 0.724. The monoisotopic (exact) mass is 382 g/mol. The number of hydrogen-bond acceptors (Lipinski definition) is 5. The second-order valence-electron chi connectivity index (χ2n) is 6.51. The Morgan fingerprint density at radius 1 is 1.30 bits per heavy atom. The van der Waals surface area contributed by atoms with Crippen molar-refractivity contribution in [3.63, 3.8) is 0 Å². The number of hydrogen-bond donors (Lipinski definition) is 1. The van der Waals surface area contributed by atoms with Crippen molar-refractivity contribution in [2.24, 2.45) is 0 Å². The van der Waals surface area contributed by atoms with Crippen LogP contribution in [0, 0.1) is 0 Å². The molecule has 8 nitrogen and oxygen atoms in total. The summed E-state index contributed by atoms with van der Waals surface area (Å²) in [6.07, 6.45) is 0. The molecule has 2 aliphatic heterocycles. The van der Waals surface area contributed by atoms with Crippen molar-refractivity contribution >= 4 is 17.8 Å². The van der Waals surface area contributed by atoms with Gasteiger partial charge in [0.1, 0.15) is 11.8 Å². The summed E-state index contributed by atoms with van der Waals surface area (Å²) >= 11 is 0. The maximum atomic E-state index is 12.4. The molecule has 1 aromatic carbocycles. The van der Waals surface area contributed by atoms with Gasteiger partial charge in [-0.15, -0.1) is 0 Å². The molecule has 2 heterocycles. The van der Waals surface area contributed by atoms with Gasteiger partial charge in [0.2, 0.25) is 5.91 Å². The van der Waals surface area contributed by atoms with Gasteiger partial charge in [0.15, 0.2) is 0 Å². The molecule has 0 aromatic heterocycles. The van der Waals surface area contributed by atoms with E-state index in [0.717, 1.165) is 5.56 Å². The van der Waals surface area contributed by atoms with Crippen LogP contribution < -0.4 is 10.1 Å². The predicted molar refractivity (Wildman–Crippen MR) is 90.0 cm³/mol. The van der Waals surface area contributed by atoms with Gasteiger partial charge in [0.05, 0.1) is 6.54 Å². The van der Waals surface area contributed by atoms with Crippen molar-refractivity contribution in [1.29, 1.82) is 0 Å². The van der Waals surface area contributed by atoms with Crippen LogP contribution in [-0.4, -0.2) is 78.4 Å². The summed E-state index contributed by atoms with van der Waals surface area (Å²) in [6.45, 7) is -1.21. The third-order valence-electron chi connectivity index (χ3n) is 4.61. The summed E-state index contributed by atoms with van der Waals surface area (Å²) in [5, 5.41) is 2.27. The van der Waals surface area contributed by atoms with E-state index in [2.05, 4.69) is 10.1 Å². The van der Waals surface area contributed by atoms with E-state index in [1.807, 2.05) is 4.90 Å². The van der Waals surface area contributed by atoms with Gasteiger partial charge in [-0.1, -0.05) is 12.1 Å². The summed E-state index contributed by atoms with van der Waals surface area (Å²) in [5.74, 6) is -0.414. The van der Waals surface area contributed by atoms with E-state index in [1.54, 1.807) is 19.2 Å². The molecule has 1 N–H and O–H groups in total. The highest BCUT2D eigenvalue weighted by Gasteiger charge is 2.42. The molecule has 3 rings (SSSR count). The zero-order chi connectivity index (χ0) is 19.6. The highest BCUT2D eigenvalue weighted by atomic mass is 19.3. The first kappa shape index (κ1) is 19.0. The average Bonchev–Trinajstić information content (AvgIpc) is 2.90. The second-order valence-corrected chi connectivity index (χ2v) is 6.51. The molecule has 0 spiro atoms. The lowest BCUT2D eigenvalue weighted by molar-refractivity contribution is -0.133. The van der Waals surface area contributed by atoms with Crippen LogP contribution in [0.3, 0.4) is 0 Å². The lowest BCUT2D eigenvalue weighted by Gasteiger charge is -2.35. The molecule has 2 saturated heterocycles. The molecule has 2 aliphatic rings. The van der Waals surface area contributed by atoms with E-state index in [1.165, 1.54) is 21.9 Å². The Labute approximate surface area is 154 Å². The number of benzene rings is 1. The molecule has 10 heteroatoms. The summed E-state index contributed by atoms with van der Waals surface area (Å²) in [6, 6.07) is 5.16. The van der Waals surface area contributed by atoms with Crippen molar-refractivity contribution in [2.45, 2.75) is 19.2 Å². The Morgan fingerprint density at radius 2 is 2.00 bits per heavy atom. The van der Waals surface area contributed by atoms with Crippen LogP contribution in [0.5, 0.6) is 5.75 Å². The first-order valence-corrected chi connectivity index (χ1v) is 8.45. The van der Waals surface area contributed by atoms with Gasteiger partial charge in [-0.3, -0.25) is 19.8 Å². The normalized spacial score (nSPS) is 19.9. The minimum Gasteiger partial charge on any atom is -0.435 e. The van der Waals surface area contributed by atoms with Gasteiger partial charge >= 0.3 is 12.6 Å². The highest BCUT2D eigenvalue weighted by Crippen LogP contribution is 2.17. The third-order valence-corrected chi connectivity index (χ3v) is 4.61. The smallest absolute Gasteiger partial charge is 0.387 e. The average molecular weight is 382 g/mol. The van der Waals surface area contributed by atoms with Crippen LogP contribution in [0.4, 0.5) is 13.6 Å². The summed E-state index contributed by atoms with van der Waals surface area (Å²) < 4.78 is 28.6. The lowest BCUT2D eigenvalue weighted by atomic mass is 10.2. The lowest BCUT2D eigenvalue weighted by Crippen LogP contribution is -2.54. The number of likely N-dealkylation sites (N-methyl/N-ethyl adjacent to an activating group) is 1. The molecular formula is C17H20F2N4O4. The summed E-state index contributed by atoms with van der Waals surface area (Å²) in [5.41, 5.74) is 0.776. The maximum absolute atomic E-state index is 12.4. The molecular weight excluding hydrogens is 362 g/mol. The first-order chi connectivity index (χ1) is 12.8. The molecule has 0 saturated carbocycles. The van der Waals surface area contributed by atoms with Crippen LogP contribution in [0.25, 0.3) is 0 Å². The zero-order valence-electron chi connectivity index (χ0n) is 14.7. The molecule has 146 valence electrons. The third kappa shape index (κ3) is 4.51. The minimum absolute atomic E-state index is 0.0602. The van der Waals surface area contributed by atoms with Crippen LogP contribution in [-0.2, 0) is 16.1 Å². The Kier molecular flexibility index (Phi) is 5.54. The molecule has 0 radical (unpaired) electrons. The Bertz CT molecular complexity index is 728. The van der Waals surface area contributed by atoms with Crippen LogP contribution >= 0.6 is 0 Å². The summed E-state index contributed by atoms with van der Waals surface area (Å²) in [7, 11) is 1.65. The van der Waals surface area contributed by atoms with E-state index >= 15 is 0 Å². The number of carbonyl (C=O) groups excluding carboxylic acids is 3. The number of fused-ring (bicyclic) bond motifs is 1. The number of halogens is 2. The SMILES string of the molecule is CN(Cc1ccc(OC(F)F)cc1)C(=O)CN1CCN2C(=O)NC(=O)C2C1. The Balaban J connectivity index is 1.50. The van der Waals surface area contributed by atoms with E-state index in [9.17, 15) is 23.2 Å². The van der Waals surface area contributed by atoms with E-state index < -0.39 is 12.7 Å².